The van der Waals surface area contributed by atoms with Gasteiger partial charge in [-0.3, -0.25) is 4.79 Å². The molecule has 0 atom stereocenters. The Hall–Kier alpha value is -1.51. The molecule has 1 heterocycles. The minimum atomic E-state index is 0.140. The Balaban J connectivity index is 1.68. The highest BCUT2D eigenvalue weighted by Crippen LogP contribution is 2.28. The highest BCUT2D eigenvalue weighted by Gasteiger charge is 2.21. The normalized spacial score (nSPS) is 18.2. The van der Waals surface area contributed by atoms with Gasteiger partial charge in [0.2, 0.25) is 0 Å². The molecular formula is C16H21NO2. The molecule has 3 rings (SSSR count). The Labute approximate surface area is 114 Å². The second-order valence-electron chi connectivity index (χ2n) is 5.76. The number of hydrogen-bond acceptors (Lipinski definition) is 2. The van der Waals surface area contributed by atoms with E-state index in [1.165, 1.54) is 31.2 Å². The average molecular weight is 259 g/mol. The molecule has 0 radical (unpaired) electrons. The van der Waals surface area contributed by atoms with E-state index in [0.717, 1.165) is 30.9 Å². The third kappa shape index (κ3) is 2.60. The molecule has 1 aliphatic heterocycles. The van der Waals surface area contributed by atoms with Gasteiger partial charge in [0.1, 0.15) is 5.75 Å². The first-order valence-corrected chi connectivity index (χ1v) is 7.25. The maximum Gasteiger partial charge on any atom is 0.253 e. The van der Waals surface area contributed by atoms with Crippen molar-refractivity contribution in [2.45, 2.75) is 32.1 Å². The van der Waals surface area contributed by atoms with Gasteiger partial charge in [0.05, 0.1) is 6.61 Å². The Bertz CT molecular complexity index is 478. The molecule has 1 saturated carbocycles. The average Bonchev–Trinajstić information content (AvgIpc) is 3.07. The van der Waals surface area contributed by atoms with E-state index in [1.54, 1.807) is 0 Å². The first kappa shape index (κ1) is 12.5. The van der Waals surface area contributed by atoms with Crippen LogP contribution in [0.2, 0.25) is 0 Å². The summed E-state index contributed by atoms with van der Waals surface area (Å²) < 4.78 is 5.48. The van der Waals surface area contributed by atoms with Gasteiger partial charge in [-0.05, 0) is 42.5 Å². The fourth-order valence-electron chi connectivity index (χ4n) is 3.20. The molecule has 0 aromatic heterocycles. The van der Waals surface area contributed by atoms with Crippen LogP contribution in [-0.2, 0) is 6.42 Å². The highest BCUT2D eigenvalue weighted by molar-refractivity contribution is 5.94. The van der Waals surface area contributed by atoms with Crippen LogP contribution >= 0.6 is 0 Å². The smallest absolute Gasteiger partial charge is 0.253 e. The molecule has 3 heteroatoms. The number of rotatable bonds is 3. The second-order valence-corrected chi connectivity index (χ2v) is 5.76. The van der Waals surface area contributed by atoms with Gasteiger partial charge in [0.25, 0.3) is 5.91 Å². The summed E-state index contributed by atoms with van der Waals surface area (Å²) in [5.41, 5.74) is 1.96. The van der Waals surface area contributed by atoms with E-state index in [9.17, 15) is 4.79 Å². The van der Waals surface area contributed by atoms with Crippen molar-refractivity contribution < 1.29 is 9.53 Å². The van der Waals surface area contributed by atoms with Gasteiger partial charge in [-0.2, -0.15) is 0 Å². The molecule has 1 aliphatic carbocycles. The van der Waals surface area contributed by atoms with Crippen LogP contribution in [-0.4, -0.2) is 31.0 Å². The van der Waals surface area contributed by atoms with Crippen molar-refractivity contribution in [3.63, 3.8) is 0 Å². The number of ether oxygens (including phenoxy) is 1. The number of benzene rings is 1. The summed E-state index contributed by atoms with van der Waals surface area (Å²) in [5.74, 6) is 1.78. The van der Waals surface area contributed by atoms with Gasteiger partial charge < -0.3 is 9.64 Å². The first-order valence-electron chi connectivity index (χ1n) is 7.25. The van der Waals surface area contributed by atoms with Crippen molar-refractivity contribution in [3.05, 3.63) is 29.3 Å². The van der Waals surface area contributed by atoms with Crippen molar-refractivity contribution >= 4 is 5.91 Å². The minimum Gasteiger partial charge on any atom is -0.493 e. The molecule has 0 saturated heterocycles. The van der Waals surface area contributed by atoms with Gasteiger partial charge in [-0.1, -0.05) is 12.8 Å². The monoisotopic (exact) mass is 259 g/mol. The van der Waals surface area contributed by atoms with Crippen molar-refractivity contribution in [3.8, 4) is 5.75 Å². The zero-order valence-corrected chi connectivity index (χ0v) is 11.5. The molecule has 1 aromatic rings. The van der Waals surface area contributed by atoms with Crippen molar-refractivity contribution in [2.75, 3.05) is 20.2 Å². The molecule has 0 N–H and O–H groups in total. The van der Waals surface area contributed by atoms with Crippen molar-refractivity contribution in [2.24, 2.45) is 5.92 Å². The Morgan fingerprint density at radius 2 is 2.16 bits per heavy atom. The summed E-state index contributed by atoms with van der Waals surface area (Å²) in [5, 5.41) is 0. The highest BCUT2D eigenvalue weighted by atomic mass is 16.5. The third-order valence-corrected chi connectivity index (χ3v) is 4.29. The zero-order chi connectivity index (χ0) is 13.2. The van der Waals surface area contributed by atoms with E-state index >= 15 is 0 Å². The zero-order valence-electron chi connectivity index (χ0n) is 11.5. The van der Waals surface area contributed by atoms with Crippen LogP contribution in [0.1, 0.15) is 41.6 Å². The Morgan fingerprint density at radius 1 is 1.37 bits per heavy atom. The van der Waals surface area contributed by atoms with E-state index in [0.29, 0.717) is 5.92 Å². The lowest BCUT2D eigenvalue weighted by Gasteiger charge is -2.21. The summed E-state index contributed by atoms with van der Waals surface area (Å²) in [4.78, 5) is 14.3. The topological polar surface area (TPSA) is 29.5 Å². The van der Waals surface area contributed by atoms with E-state index in [-0.39, 0.29) is 5.91 Å². The van der Waals surface area contributed by atoms with Crippen molar-refractivity contribution in [1.29, 1.82) is 0 Å². The summed E-state index contributed by atoms with van der Waals surface area (Å²) in [6, 6.07) is 5.81. The first-order chi connectivity index (χ1) is 9.24. The quantitative estimate of drug-likeness (QED) is 0.835. The van der Waals surface area contributed by atoms with Crippen LogP contribution in [0, 0.1) is 5.92 Å². The maximum absolute atomic E-state index is 12.4. The SMILES string of the molecule is CN(CC1CCCC1)C(=O)c1ccc2c(c1)CCO2. The standard InChI is InChI=1S/C16H21NO2/c1-17(11-12-4-2-3-5-12)16(18)14-6-7-15-13(10-14)8-9-19-15/h6-7,10,12H,2-5,8-9,11H2,1H3. The molecule has 1 aromatic carbocycles. The second kappa shape index (κ2) is 5.24. The van der Waals surface area contributed by atoms with Crippen LogP contribution in [0.25, 0.3) is 0 Å². The number of amides is 1. The fraction of sp³-hybridized carbons (Fsp3) is 0.562. The van der Waals surface area contributed by atoms with Crippen LogP contribution in [0.4, 0.5) is 0 Å². The number of carbonyl (C=O) groups is 1. The molecule has 0 bridgehead atoms. The van der Waals surface area contributed by atoms with Gasteiger partial charge in [0, 0.05) is 25.6 Å². The lowest BCUT2D eigenvalue weighted by Crippen LogP contribution is -2.31. The predicted octanol–water partition coefficient (Wildman–Crippen LogP) is 2.88. The van der Waals surface area contributed by atoms with Gasteiger partial charge >= 0.3 is 0 Å². The maximum atomic E-state index is 12.4. The summed E-state index contributed by atoms with van der Waals surface area (Å²) >= 11 is 0. The molecule has 19 heavy (non-hydrogen) atoms. The molecule has 1 fully saturated rings. The largest absolute Gasteiger partial charge is 0.493 e. The van der Waals surface area contributed by atoms with Gasteiger partial charge in [0.15, 0.2) is 0 Å². The molecule has 0 unspecified atom stereocenters. The number of fused-ring (bicyclic) bond motifs is 1. The minimum absolute atomic E-state index is 0.140. The van der Waals surface area contributed by atoms with Gasteiger partial charge in [-0.25, -0.2) is 0 Å². The van der Waals surface area contributed by atoms with Crippen LogP contribution in [0.3, 0.4) is 0 Å². The summed E-state index contributed by atoms with van der Waals surface area (Å²) in [6.45, 7) is 1.64. The van der Waals surface area contributed by atoms with Crippen LogP contribution in [0.5, 0.6) is 5.75 Å². The van der Waals surface area contributed by atoms with Crippen LogP contribution < -0.4 is 4.74 Å². The number of nitrogens with zero attached hydrogens (tertiary/aromatic N) is 1. The lowest BCUT2D eigenvalue weighted by molar-refractivity contribution is 0.0773. The Morgan fingerprint density at radius 3 is 2.95 bits per heavy atom. The number of hydrogen-bond donors (Lipinski definition) is 0. The van der Waals surface area contributed by atoms with E-state index < -0.39 is 0 Å². The molecular weight excluding hydrogens is 238 g/mol. The summed E-state index contributed by atoms with van der Waals surface area (Å²) in [7, 11) is 1.92. The third-order valence-electron chi connectivity index (χ3n) is 4.29. The summed E-state index contributed by atoms with van der Waals surface area (Å²) in [6.07, 6.45) is 6.11. The number of carbonyl (C=O) groups excluding carboxylic acids is 1. The van der Waals surface area contributed by atoms with Crippen molar-refractivity contribution in [1.82, 2.24) is 4.90 Å². The van der Waals surface area contributed by atoms with Gasteiger partial charge in [-0.15, -0.1) is 0 Å². The fourth-order valence-corrected chi connectivity index (χ4v) is 3.20. The van der Waals surface area contributed by atoms with E-state index in [1.807, 2.05) is 30.1 Å². The predicted molar refractivity (Wildman–Crippen MR) is 74.6 cm³/mol. The lowest BCUT2D eigenvalue weighted by atomic mass is 10.1. The molecule has 102 valence electrons. The molecule has 2 aliphatic rings. The van der Waals surface area contributed by atoms with E-state index in [2.05, 4.69) is 0 Å². The van der Waals surface area contributed by atoms with E-state index in [4.69, 9.17) is 4.74 Å². The molecule has 0 spiro atoms. The Kier molecular flexibility index (Phi) is 3.45. The molecule has 1 amide bonds. The molecule has 3 nitrogen and oxygen atoms in total. The van der Waals surface area contributed by atoms with Crippen LogP contribution in [0.15, 0.2) is 18.2 Å².